The predicted octanol–water partition coefficient (Wildman–Crippen LogP) is 2.57. The summed E-state index contributed by atoms with van der Waals surface area (Å²) in [5.74, 6) is 1.04. The normalized spacial score (nSPS) is 14.3. The van der Waals surface area contributed by atoms with E-state index in [9.17, 15) is 0 Å². The molecule has 18 heavy (non-hydrogen) atoms. The zero-order valence-corrected chi connectivity index (χ0v) is 10.8. The van der Waals surface area contributed by atoms with Crippen LogP contribution in [0.2, 0.25) is 0 Å². The van der Waals surface area contributed by atoms with Gasteiger partial charge in [-0.15, -0.1) is 0 Å². The van der Waals surface area contributed by atoms with E-state index in [-0.39, 0.29) is 0 Å². The Kier molecular flexibility index (Phi) is 2.51. The maximum atomic E-state index is 5.82. The molecule has 0 fully saturated rings. The molecule has 1 aromatic carbocycles. The summed E-state index contributed by atoms with van der Waals surface area (Å²) in [6.45, 7) is 6.09. The van der Waals surface area contributed by atoms with Crippen molar-refractivity contribution in [2.45, 2.75) is 33.0 Å². The molecule has 1 aromatic heterocycles. The first-order chi connectivity index (χ1) is 8.63. The molecular weight excluding hydrogens is 224 g/mol. The van der Waals surface area contributed by atoms with Gasteiger partial charge < -0.3 is 10.6 Å². The third-order valence-corrected chi connectivity index (χ3v) is 3.40. The Balaban J connectivity index is 1.84. The van der Waals surface area contributed by atoms with E-state index in [1.165, 1.54) is 11.1 Å². The summed E-state index contributed by atoms with van der Waals surface area (Å²) in [6, 6.07) is 8.63. The number of benzene rings is 1. The van der Waals surface area contributed by atoms with E-state index in [2.05, 4.69) is 42.0 Å². The van der Waals surface area contributed by atoms with Gasteiger partial charge in [0.25, 0.3) is 0 Å². The molecule has 0 saturated carbocycles. The number of nitrogens with two attached hydrogens (primary N) is 1. The maximum Gasteiger partial charge on any atom is 0.151 e. The van der Waals surface area contributed by atoms with E-state index in [1.807, 2.05) is 16.9 Å². The molecule has 0 bridgehead atoms. The van der Waals surface area contributed by atoms with Crippen LogP contribution >= 0.6 is 0 Å². The van der Waals surface area contributed by atoms with Crippen LogP contribution in [0.25, 0.3) is 0 Å². The van der Waals surface area contributed by atoms with Crippen molar-refractivity contribution >= 4 is 11.5 Å². The molecule has 0 spiro atoms. The highest BCUT2D eigenvalue weighted by Gasteiger charge is 2.21. The van der Waals surface area contributed by atoms with E-state index >= 15 is 0 Å². The Morgan fingerprint density at radius 2 is 1.94 bits per heavy atom. The van der Waals surface area contributed by atoms with E-state index in [1.54, 1.807) is 0 Å². The lowest BCUT2D eigenvalue weighted by atomic mass is 10.1. The van der Waals surface area contributed by atoms with Crippen LogP contribution in [-0.2, 0) is 13.1 Å². The van der Waals surface area contributed by atoms with Gasteiger partial charge in [-0.05, 0) is 37.1 Å². The molecule has 0 aliphatic carbocycles. The smallest absolute Gasteiger partial charge is 0.151 e. The summed E-state index contributed by atoms with van der Waals surface area (Å²) in [5.41, 5.74) is 9.32. The van der Waals surface area contributed by atoms with Crippen LogP contribution in [-0.4, -0.2) is 9.78 Å². The third-order valence-electron chi connectivity index (χ3n) is 3.40. The predicted molar refractivity (Wildman–Crippen MR) is 73.4 cm³/mol. The molecule has 0 radical (unpaired) electrons. The van der Waals surface area contributed by atoms with Crippen LogP contribution in [0.1, 0.15) is 31.0 Å². The molecule has 0 amide bonds. The zero-order valence-electron chi connectivity index (χ0n) is 10.8. The number of aromatic nitrogens is 2. The number of hydrogen-bond acceptors (Lipinski definition) is 3. The van der Waals surface area contributed by atoms with Crippen molar-refractivity contribution in [3.63, 3.8) is 0 Å². The average Bonchev–Trinajstić information content (AvgIpc) is 2.93. The quantitative estimate of drug-likeness (QED) is 0.823. The van der Waals surface area contributed by atoms with Crippen molar-refractivity contribution in [2.24, 2.45) is 0 Å². The van der Waals surface area contributed by atoms with Gasteiger partial charge >= 0.3 is 0 Å². The summed E-state index contributed by atoms with van der Waals surface area (Å²) in [4.78, 5) is 2.28. The number of rotatable bonds is 2. The first-order valence-electron chi connectivity index (χ1n) is 6.31. The fourth-order valence-electron chi connectivity index (χ4n) is 2.36. The average molecular weight is 242 g/mol. The third kappa shape index (κ3) is 1.83. The second-order valence-electron chi connectivity index (χ2n) is 5.13. The molecule has 1 aliphatic rings. The Bertz CT molecular complexity index is 571. The number of hydrogen-bond donors (Lipinski definition) is 1. The van der Waals surface area contributed by atoms with Crippen LogP contribution in [0, 0.1) is 0 Å². The summed E-state index contributed by atoms with van der Waals surface area (Å²) in [6.07, 6.45) is 2.04. The molecule has 4 heteroatoms. The number of anilines is 2. The molecule has 94 valence electrons. The number of nitrogen functional groups attached to an aromatic ring is 1. The van der Waals surface area contributed by atoms with Crippen LogP contribution in [0.4, 0.5) is 11.5 Å². The number of nitrogens with zero attached hydrogens (tertiary/aromatic N) is 3. The van der Waals surface area contributed by atoms with E-state index < -0.39 is 0 Å². The second-order valence-corrected chi connectivity index (χ2v) is 5.13. The van der Waals surface area contributed by atoms with Crippen molar-refractivity contribution in [3.8, 4) is 0 Å². The standard InChI is InChI=1S/C14H18N4/c1-10(2)18-6-5-14(16-18)17-8-11-3-4-13(15)7-12(11)9-17/h3-7,10H,8-9,15H2,1-2H3. The van der Waals surface area contributed by atoms with Gasteiger partial charge in [0.05, 0.1) is 0 Å². The van der Waals surface area contributed by atoms with Gasteiger partial charge in [0.1, 0.15) is 0 Å². The lowest BCUT2D eigenvalue weighted by Crippen LogP contribution is -2.15. The molecular formula is C14H18N4. The lowest BCUT2D eigenvalue weighted by Gasteiger charge is -2.14. The Labute approximate surface area is 107 Å². The van der Waals surface area contributed by atoms with Crippen molar-refractivity contribution in [1.29, 1.82) is 0 Å². The lowest BCUT2D eigenvalue weighted by molar-refractivity contribution is 0.531. The Morgan fingerprint density at radius 1 is 1.17 bits per heavy atom. The minimum atomic E-state index is 0.402. The van der Waals surface area contributed by atoms with Crippen LogP contribution < -0.4 is 10.6 Å². The minimum Gasteiger partial charge on any atom is -0.399 e. The fraction of sp³-hybridized carbons (Fsp3) is 0.357. The molecule has 2 heterocycles. The largest absolute Gasteiger partial charge is 0.399 e. The molecule has 3 rings (SSSR count). The van der Waals surface area contributed by atoms with Crippen molar-refractivity contribution in [3.05, 3.63) is 41.6 Å². The van der Waals surface area contributed by atoms with Gasteiger partial charge in [-0.3, -0.25) is 4.68 Å². The minimum absolute atomic E-state index is 0.402. The van der Waals surface area contributed by atoms with Crippen LogP contribution in [0.3, 0.4) is 0 Å². The van der Waals surface area contributed by atoms with E-state index in [0.29, 0.717) is 6.04 Å². The van der Waals surface area contributed by atoms with Gasteiger partial charge in [0.2, 0.25) is 0 Å². The SMILES string of the molecule is CC(C)n1ccc(N2Cc3ccc(N)cc3C2)n1. The molecule has 1 aliphatic heterocycles. The molecule has 4 nitrogen and oxygen atoms in total. The molecule has 0 atom stereocenters. The van der Waals surface area contributed by atoms with Crippen molar-refractivity contribution in [1.82, 2.24) is 9.78 Å². The second kappa shape index (κ2) is 4.05. The Hall–Kier alpha value is -1.97. The maximum absolute atomic E-state index is 5.82. The van der Waals surface area contributed by atoms with Crippen LogP contribution in [0.5, 0.6) is 0 Å². The van der Waals surface area contributed by atoms with Gasteiger partial charge in [-0.1, -0.05) is 6.07 Å². The molecule has 0 saturated heterocycles. The highest BCUT2D eigenvalue weighted by Crippen LogP contribution is 2.28. The molecule has 2 N–H and O–H groups in total. The highest BCUT2D eigenvalue weighted by atomic mass is 15.4. The highest BCUT2D eigenvalue weighted by molar-refractivity contribution is 5.52. The van der Waals surface area contributed by atoms with E-state index in [0.717, 1.165) is 24.6 Å². The monoisotopic (exact) mass is 242 g/mol. The van der Waals surface area contributed by atoms with Crippen molar-refractivity contribution in [2.75, 3.05) is 10.6 Å². The first kappa shape index (κ1) is 11.1. The summed E-state index contributed by atoms with van der Waals surface area (Å²) >= 11 is 0. The fourth-order valence-corrected chi connectivity index (χ4v) is 2.36. The summed E-state index contributed by atoms with van der Waals surface area (Å²) in [5, 5.41) is 4.61. The Morgan fingerprint density at radius 3 is 2.67 bits per heavy atom. The number of fused-ring (bicyclic) bond motifs is 1. The molecule has 2 aromatic rings. The zero-order chi connectivity index (χ0) is 12.7. The van der Waals surface area contributed by atoms with Crippen LogP contribution in [0.15, 0.2) is 30.5 Å². The van der Waals surface area contributed by atoms with E-state index in [4.69, 9.17) is 5.73 Å². The van der Waals surface area contributed by atoms with Gasteiger partial charge in [-0.2, -0.15) is 5.10 Å². The summed E-state index contributed by atoms with van der Waals surface area (Å²) in [7, 11) is 0. The first-order valence-corrected chi connectivity index (χ1v) is 6.31. The van der Waals surface area contributed by atoms with Crippen molar-refractivity contribution < 1.29 is 0 Å². The van der Waals surface area contributed by atoms with Gasteiger partial charge in [0, 0.05) is 37.1 Å². The summed E-state index contributed by atoms with van der Waals surface area (Å²) < 4.78 is 1.99. The van der Waals surface area contributed by atoms with Gasteiger partial charge in [0.15, 0.2) is 5.82 Å². The topological polar surface area (TPSA) is 47.1 Å². The molecule has 0 unspecified atom stereocenters. The van der Waals surface area contributed by atoms with Gasteiger partial charge in [-0.25, -0.2) is 0 Å².